The van der Waals surface area contributed by atoms with Gasteiger partial charge in [0.15, 0.2) is 0 Å². The lowest BCUT2D eigenvalue weighted by molar-refractivity contribution is 0.0728. The number of nitrogens with one attached hydrogen (secondary N) is 2. The van der Waals surface area contributed by atoms with Gasteiger partial charge in [0, 0.05) is 12.0 Å². The van der Waals surface area contributed by atoms with E-state index in [1.54, 1.807) is 6.20 Å². The van der Waals surface area contributed by atoms with Crippen molar-refractivity contribution >= 4 is 16.8 Å². The Morgan fingerprint density at radius 1 is 1.58 bits per heavy atom. The van der Waals surface area contributed by atoms with Gasteiger partial charge in [-0.15, -0.1) is 0 Å². The SMILES string of the molecule is CC1OCCC1(C)NC(=O)c1cccc2[nH]ncc12. The number of H-pyrrole nitrogens is 1. The average Bonchev–Trinajstić information content (AvgIpc) is 2.97. The Morgan fingerprint density at radius 3 is 3.16 bits per heavy atom. The second-order valence-corrected chi connectivity index (χ2v) is 5.27. The quantitative estimate of drug-likeness (QED) is 0.865. The van der Waals surface area contributed by atoms with Gasteiger partial charge in [-0.2, -0.15) is 5.10 Å². The Morgan fingerprint density at radius 2 is 2.42 bits per heavy atom. The number of benzene rings is 1. The zero-order valence-corrected chi connectivity index (χ0v) is 11.1. The topological polar surface area (TPSA) is 67.0 Å². The first-order chi connectivity index (χ1) is 9.10. The van der Waals surface area contributed by atoms with Crippen LogP contribution in [0, 0.1) is 0 Å². The number of fused-ring (bicyclic) bond motifs is 1. The summed E-state index contributed by atoms with van der Waals surface area (Å²) in [7, 11) is 0. The lowest BCUT2D eigenvalue weighted by Gasteiger charge is -2.29. The van der Waals surface area contributed by atoms with Crippen LogP contribution in [0.15, 0.2) is 24.4 Å². The van der Waals surface area contributed by atoms with Gasteiger partial charge in [-0.25, -0.2) is 0 Å². The molecule has 3 rings (SSSR count). The van der Waals surface area contributed by atoms with E-state index in [-0.39, 0.29) is 17.6 Å². The Kier molecular flexibility index (Phi) is 2.78. The summed E-state index contributed by atoms with van der Waals surface area (Å²) in [5, 5.41) is 10.8. The molecule has 2 atom stereocenters. The number of aromatic amines is 1. The minimum absolute atomic E-state index is 0.0278. The number of hydrogen-bond donors (Lipinski definition) is 2. The van der Waals surface area contributed by atoms with Crippen molar-refractivity contribution in [1.29, 1.82) is 0 Å². The lowest BCUT2D eigenvalue weighted by Crippen LogP contribution is -2.50. The van der Waals surface area contributed by atoms with Gasteiger partial charge < -0.3 is 10.1 Å². The van der Waals surface area contributed by atoms with E-state index in [1.165, 1.54) is 0 Å². The molecule has 0 aliphatic carbocycles. The number of aromatic nitrogens is 2. The smallest absolute Gasteiger partial charge is 0.252 e. The van der Waals surface area contributed by atoms with Crippen molar-refractivity contribution < 1.29 is 9.53 Å². The van der Waals surface area contributed by atoms with E-state index in [0.717, 1.165) is 17.3 Å². The second kappa shape index (κ2) is 4.35. The number of rotatable bonds is 2. The van der Waals surface area contributed by atoms with Crippen LogP contribution in [0.25, 0.3) is 10.9 Å². The fourth-order valence-corrected chi connectivity index (χ4v) is 2.49. The fourth-order valence-electron chi connectivity index (χ4n) is 2.49. The third-order valence-corrected chi connectivity index (χ3v) is 4.01. The minimum atomic E-state index is -0.303. The summed E-state index contributed by atoms with van der Waals surface area (Å²) < 4.78 is 5.54. The number of hydrogen-bond acceptors (Lipinski definition) is 3. The molecule has 0 radical (unpaired) electrons. The molecule has 5 nitrogen and oxygen atoms in total. The van der Waals surface area contributed by atoms with Crippen molar-refractivity contribution in [2.75, 3.05) is 6.61 Å². The molecule has 100 valence electrons. The molecule has 1 saturated heterocycles. The van der Waals surface area contributed by atoms with E-state index < -0.39 is 0 Å². The largest absolute Gasteiger partial charge is 0.376 e. The monoisotopic (exact) mass is 259 g/mol. The zero-order valence-electron chi connectivity index (χ0n) is 11.1. The van der Waals surface area contributed by atoms with Gasteiger partial charge in [0.2, 0.25) is 0 Å². The number of carbonyl (C=O) groups is 1. The van der Waals surface area contributed by atoms with E-state index in [0.29, 0.717) is 12.2 Å². The van der Waals surface area contributed by atoms with Crippen molar-refractivity contribution in [3.8, 4) is 0 Å². The molecule has 2 aromatic rings. The maximum Gasteiger partial charge on any atom is 0.252 e. The second-order valence-electron chi connectivity index (χ2n) is 5.27. The zero-order chi connectivity index (χ0) is 13.5. The van der Waals surface area contributed by atoms with E-state index >= 15 is 0 Å². The number of nitrogens with zero attached hydrogens (tertiary/aromatic N) is 1. The third-order valence-electron chi connectivity index (χ3n) is 4.01. The van der Waals surface area contributed by atoms with Gasteiger partial charge in [0.25, 0.3) is 5.91 Å². The van der Waals surface area contributed by atoms with E-state index in [9.17, 15) is 4.79 Å². The lowest BCUT2D eigenvalue weighted by atomic mass is 9.94. The van der Waals surface area contributed by atoms with Gasteiger partial charge in [0.05, 0.1) is 28.9 Å². The van der Waals surface area contributed by atoms with Crippen molar-refractivity contribution in [2.24, 2.45) is 0 Å². The number of carbonyl (C=O) groups excluding carboxylic acids is 1. The predicted octanol–water partition coefficient (Wildman–Crippen LogP) is 1.86. The van der Waals surface area contributed by atoms with Crippen molar-refractivity contribution in [1.82, 2.24) is 15.5 Å². The standard InChI is InChI=1S/C14H17N3O2/c1-9-14(2,6-7-19-9)16-13(18)10-4-3-5-12-11(10)8-15-17-12/h3-5,8-9H,6-7H2,1-2H3,(H,15,17)(H,16,18). The van der Waals surface area contributed by atoms with Gasteiger partial charge in [-0.1, -0.05) is 6.07 Å². The maximum atomic E-state index is 12.5. The molecule has 2 unspecified atom stereocenters. The van der Waals surface area contributed by atoms with Crippen LogP contribution in [0.2, 0.25) is 0 Å². The Balaban J connectivity index is 1.90. The molecule has 1 aliphatic rings. The summed E-state index contributed by atoms with van der Waals surface area (Å²) in [5.41, 5.74) is 1.21. The predicted molar refractivity (Wildman–Crippen MR) is 72.0 cm³/mol. The highest BCUT2D eigenvalue weighted by molar-refractivity contribution is 6.06. The maximum absolute atomic E-state index is 12.5. The van der Waals surface area contributed by atoms with E-state index in [4.69, 9.17) is 4.74 Å². The highest BCUT2D eigenvalue weighted by Gasteiger charge is 2.38. The van der Waals surface area contributed by atoms with Crippen molar-refractivity contribution in [3.05, 3.63) is 30.0 Å². The van der Waals surface area contributed by atoms with Gasteiger partial charge in [0.1, 0.15) is 0 Å². The van der Waals surface area contributed by atoms with Crippen LogP contribution < -0.4 is 5.32 Å². The first kappa shape index (κ1) is 12.2. The molecule has 19 heavy (non-hydrogen) atoms. The normalized spacial score (nSPS) is 26.7. The van der Waals surface area contributed by atoms with Crippen molar-refractivity contribution in [2.45, 2.75) is 31.9 Å². The molecular weight excluding hydrogens is 242 g/mol. The molecule has 5 heteroatoms. The Labute approximate surface area is 111 Å². The molecule has 0 saturated carbocycles. The summed E-state index contributed by atoms with van der Waals surface area (Å²) >= 11 is 0. The van der Waals surface area contributed by atoms with Gasteiger partial charge in [-0.05, 0) is 32.4 Å². The highest BCUT2D eigenvalue weighted by Crippen LogP contribution is 2.26. The molecule has 1 aliphatic heterocycles. The summed E-state index contributed by atoms with van der Waals surface area (Å²) in [4.78, 5) is 12.5. The van der Waals surface area contributed by atoms with E-state index in [1.807, 2.05) is 32.0 Å². The Hall–Kier alpha value is -1.88. The first-order valence-corrected chi connectivity index (χ1v) is 6.46. The van der Waals surface area contributed by atoms with E-state index in [2.05, 4.69) is 15.5 Å². The molecule has 2 N–H and O–H groups in total. The molecule has 0 bridgehead atoms. The molecular formula is C14H17N3O2. The summed E-state index contributed by atoms with van der Waals surface area (Å²) in [6.45, 7) is 4.71. The van der Waals surface area contributed by atoms with Crippen LogP contribution in [0.3, 0.4) is 0 Å². The summed E-state index contributed by atoms with van der Waals surface area (Å²) in [5.74, 6) is -0.0770. The summed E-state index contributed by atoms with van der Waals surface area (Å²) in [6.07, 6.45) is 2.54. The minimum Gasteiger partial charge on any atom is -0.376 e. The number of amides is 1. The number of ether oxygens (including phenoxy) is 1. The molecule has 1 fully saturated rings. The van der Waals surface area contributed by atoms with Crippen molar-refractivity contribution in [3.63, 3.8) is 0 Å². The molecule has 2 heterocycles. The first-order valence-electron chi connectivity index (χ1n) is 6.46. The average molecular weight is 259 g/mol. The van der Waals surface area contributed by atoms with Crippen LogP contribution in [-0.2, 0) is 4.74 Å². The van der Waals surface area contributed by atoms with Gasteiger partial charge >= 0.3 is 0 Å². The molecule has 1 amide bonds. The molecule has 1 aromatic heterocycles. The summed E-state index contributed by atoms with van der Waals surface area (Å²) in [6, 6.07) is 5.57. The van der Waals surface area contributed by atoms with Crippen LogP contribution >= 0.6 is 0 Å². The van der Waals surface area contributed by atoms with Crippen LogP contribution in [0.5, 0.6) is 0 Å². The van der Waals surface area contributed by atoms with Crippen LogP contribution in [0.4, 0.5) is 0 Å². The van der Waals surface area contributed by atoms with Crippen LogP contribution in [0.1, 0.15) is 30.6 Å². The molecule has 0 spiro atoms. The third kappa shape index (κ3) is 2.00. The van der Waals surface area contributed by atoms with Gasteiger partial charge in [-0.3, -0.25) is 9.89 Å². The Bertz CT molecular complexity index is 622. The highest BCUT2D eigenvalue weighted by atomic mass is 16.5. The van der Waals surface area contributed by atoms with Crippen LogP contribution in [-0.4, -0.2) is 34.4 Å². The fraction of sp³-hybridized carbons (Fsp3) is 0.429. The molecule has 1 aromatic carbocycles.